The van der Waals surface area contributed by atoms with Gasteiger partial charge in [-0.15, -0.1) is 0 Å². The second kappa shape index (κ2) is 6.35. The molecule has 0 spiro atoms. The van der Waals surface area contributed by atoms with E-state index in [1.807, 2.05) is 0 Å². The number of rotatable bonds is 2. The molecular weight excluding hydrogens is 329 g/mol. The molecule has 108 valence electrons. The van der Waals surface area contributed by atoms with Gasteiger partial charge in [0.2, 0.25) is 0 Å². The Morgan fingerprint density at radius 1 is 1.40 bits per heavy atom. The number of hydrogen-bond donors (Lipinski definition) is 0. The van der Waals surface area contributed by atoms with Crippen molar-refractivity contribution in [3.8, 4) is 0 Å². The molecule has 6 heteroatoms. The molecule has 4 nitrogen and oxygen atoms in total. The number of piperidine rings is 1. The van der Waals surface area contributed by atoms with Crippen molar-refractivity contribution in [2.24, 2.45) is 0 Å². The highest BCUT2D eigenvalue weighted by Crippen LogP contribution is 2.26. The molecule has 0 N–H and O–H groups in total. The quantitative estimate of drug-likeness (QED) is 0.775. The zero-order chi connectivity index (χ0) is 14.7. The molecule has 0 radical (unpaired) electrons. The monoisotopic (exact) mass is 343 g/mol. The molecule has 1 aromatic carbocycles. The number of amides is 1. The minimum absolute atomic E-state index is 0.124. The average molecular weight is 344 g/mol. The highest BCUT2D eigenvalue weighted by Gasteiger charge is 2.34. The van der Waals surface area contributed by atoms with Crippen LogP contribution >= 0.6 is 15.9 Å². The van der Waals surface area contributed by atoms with E-state index in [-0.39, 0.29) is 15.9 Å². The summed E-state index contributed by atoms with van der Waals surface area (Å²) in [6.07, 6.45) is 2.27. The van der Waals surface area contributed by atoms with Crippen molar-refractivity contribution in [2.75, 3.05) is 13.7 Å². The van der Waals surface area contributed by atoms with Gasteiger partial charge in [0.25, 0.3) is 5.91 Å². The van der Waals surface area contributed by atoms with E-state index >= 15 is 0 Å². The Balaban J connectivity index is 2.30. The largest absolute Gasteiger partial charge is 0.467 e. The van der Waals surface area contributed by atoms with Crippen molar-refractivity contribution in [1.29, 1.82) is 0 Å². The Morgan fingerprint density at radius 2 is 2.15 bits per heavy atom. The maximum atomic E-state index is 13.5. The van der Waals surface area contributed by atoms with E-state index in [0.29, 0.717) is 13.0 Å². The number of likely N-dealkylation sites (tertiary alicyclic amines) is 1. The highest BCUT2D eigenvalue weighted by atomic mass is 79.9. The summed E-state index contributed by atoms with van der Waals surface area (Å²) in [6.45, 7) is 0.474. The van der Waals surface area contributed by atoms with Crippen LogP contribution in [-0.2, 0) is 9.53 Å². The van der Waals surface area contributed by atoms with Crippen molar-refractivity contribution in [2.45, 2.75) is 25.3 Å². The second-order valence-electron chi connectivity index (χ2n) is 4.63. The Labute approximate surface area is 125 Å². The SMILES string of the molecule is COC(=O)C1CCCCN1C(=O)c1cccc(F)c1Br. The van der Waals surface area contributed by atoms with Crippen LogP contribution in [0.5, 0.6) is 0 Å². The first-order chi connectivity index (χ1) is 9.56. The zero-order valence-corrected chi connectivity index (χ0v) is 12.7. The molecule has 2 rings (SSSR count). The first kappa shape index (κ1) is 15.0. The van der Waals surface area contributed by atoms with Gasteiger partial charge in [0, 0.05) is 6.54 Å². The average Bonchev–Trinajstić information content (AvgIpc) is 2.48. The molecule has 20 heavy (non-hydrogen) atoms. The van der Waals surface area contributed by atoms with Crippen LogP contribution in [0.3, 0.4) is 0 Å². The maximum absolute atomic E-state index is 13.5. The summed E-state index contributed by atoms with van der Waals surface area (Å²) in [4.78, 5) is 25.8. The lowest BCUT2D eigenvalue weighted by Gasteiger charge is -2.34. The van der Waals surface area contributed by atoms with Gasteiger partial charge in [-0.05, 0) is 47.3 Å². The van der Waals surface area contributed by atoms with E-state index in [4.69, 9.17) is 4.74 Å². The van der Waals surface area contributed by atoms with E-state index in [0.717, 1.165) is 12.8 Å². The Bertz CT molecular complexity index is 535. The van der Waals surface area contributed by atoms with Crippen molar-refractivity contribution < 1.29 is 18.7 Å². The highest BCUT2D eigenvalue weighted by molar-refractivity contribution is 9.10. The van der Waals surface area contributed by atoms with Crippen LogP contribution in [0.25, 0.3) is 0 Å². The Kier molecular flexibility index (Phi) is 4.75. The molecule has 1 amide bonds. The number of carbonyl (C=O) groups excluding carboxylic acids is 2. The third kappa shape index (κ3) is 2.85. The molecule has 1 saturated heterocycles. The van der Waals surface area contributed by atoms with Crippen LogP contribution < -0.4 is 0 Å². The predicted molar refractivity (Wildman–Crippen MR) is 74.8 cm³/mol. The van der Waals surface area contributed by atoms with Gasteiger partial charge >= 0.3 is 5.97 Å². The van der Waals surface area contributed by atoms with Crippen molar-refractivity contribution in [1.82, 2.24) is 4.90 Å². The smallest absolute Gasteiger partial charge is 0.328 e. The predicted octanol–water partition coefficient (Wildman–Crippen LogP) is 2.76. The lowest BCUT2D eigenvalue weighted by molar-refractivity contribution is -0.147. The number of benzene rings is 1. The van der Waals surface area contributed by atoms with E-state index < -0.39 is 17.8 Å². The van der Waals surface area contributed by atoms with Gasteiger partial charge in [0.05, 0.1) is 17.1 Å². The molecule has 1 aromatic rings. The van der Waals surface area contributed by atoms with Gasteiger partial charge in [0.1, 0.15) is 11.9 Å². The van der Waals surface area contributed by atoms with Crippen LogP contribution in [0, 0.1) is 5.82 Å². The first-order valence-corrected chi connectivity index (χ1v) is 7.18. The number of hydrogen-bond acceptors (Lipinski definition) is 3. The lowest BCUT2D eigenvalue weighted by atomic mass is 10.0. The molecule has 1 aliphatic heterocycles. The fraction of sp³-hybridized carbons (Fsp3) is 0.429. The molecule has 0 aromatic heterocycles. The minimum Gasteiger partial charge on any atom is -0.467 e. The van der Waals surface area contributed by atoms with Crippen LogP contribution in [0.1, 0.15) is 29.6 Å². The number of methoxy groups -OCH3 is 1. The van der Waals surface area contributed by atoms with Crippen LogP contribution in [0.4, 0.5) is 4.39 Å². The number of esters is 1. The normalized spacial score (nSPS) is 18.8. The van der Waals surface area contributed by atoms with Gasteiger partial charge in [-0.2, -0.15) is 0 Å². The summed E-state index contributed by atoms with van der Waals surface area (Å²) in [5.74, 6) is -1.28. The molecule has 1 atom stereocenters. The number of halogens is 2. The third-order valence-electron chi connectivity index (χ3n) is 3.42. The summed E-state index contributed by atoms with van der Waals surface area (Å²) in [5, 5.41) is 0. The molecule has 1 heterocycles. The van der Waals surface area contributed by atoms with Crippen molar-refractivity contribution in [3.63, 3.8) is 0 Å². The van der Waals surface area contributed by atoms with Gasteiger partial charge in [-0.3, -0.25) is 4.79 Å². The molecule has 1 fully saturated rings. The van der Waals surface area contributed by atoms with Gasteiger partial charge in [-0.25, -0.2) is 9.18 Å². The summed E-state index contributed by atoms with van der Waals surface area (Å²) in [6, 6.07) is 3.70. The summed E-state index contributed by atoms with van der Waals surface area (Å²) < 4.78 is 18.4. The van der Waals surface area contributed by atoms with E-state index in [1.54, 1.807) is 6.07 Å². The molecule has 1 aliphatic rings. The molecule has 1 unspecified atom stereocenters. The first-order valence-electron chi connectivity index (χ1n) is 6.39. The molecule has 0 saturated carbocycles. The van der Waals surface area contributed by atoms with Gasteiger partial charge < -0.3 is 9.64 Å². The lowest BCUT2D eigenvalue weighted by Crippen LogP contribution is -2.48. The van der Waals surface area contributed by atoms with Crippen molar-refractivity contribution in [3.05, 3.63) is 34.1 Å². The summed E-state index contributed by atoms with van der Waals surface area (Å²) in [7, 11) is 1.30. The topological polar surface area (TPSA) is 46.6 Å². The van der Waals surface area contributed by atoms with Gasteiger partial charge in [-0.1, -0.05) is 6.07 Å². The van der Waals surface area contributed by atoms with E-state index in [2.05, 4.69) is 15.9 Å². The fourth-order valence-corrected chi connectivity index (χ4v) is 2.81. The Hall–Kier alpha value is -1.43. The molecular formula is C14H15BrFNO3. The second-order valence-corrected chi connectivity index (χ2v) is 5.43. The number of carbonyl (C=O) groups is 2. The third-order valence-corrected chi connectivity index (χ3v) is 4.22. The molecule has 0 bridgehead atoms. The van der Waals surface area contributed by atoms with Crippen LogP contribution in [-0.4, -0.2) is 36.5 Å². The Morgan fingerprint density at radius 3 is 2.85 bits per heavy atom. The number of ether oxygens (including phenoxy) is 1. The minimum atomic E-state index is -0.587. The van der Waals surface area contributed by atoms with Crippen LogP contribution in [0.15, 0.2) is 22.7 Å². The fourth-order valence-electron chi connectivity index (χ4n) is 2.38. The maximum Gasteiger partial charge on any atom is 0.328 e. The van der Waals surface area contributed by atoms with E-state index in [9.17, 15) is 14.0 Å². The summed E-state index contributed by atoms with van der Waals surface area (Å²) >= 11 is 3.08. The van der Waals surface area contributed by atoms with Crippen molar-refractivity contribution >= 4 is 27.8 Å². The van der Waals surface area contributed by atoms with Crippen LogP contribution in [0.2, 0.25) is 0 Å². The number of nitrogens with zero attached hydrogens (tertiary/aromatic N) is 1. The standard InChI is InChI=1S/C14H15BrFNO3/c1-20-14(19)11-7-2-3-8-17(11)13(18)9-5-4-6-10(16)12(9)15/h4-6,11H,2-3,7-8H2,1H3. The van der Waals surface area contributed by atoms with E-state index in [1.165, 1.54) is 24.1 Å². The van der Waals surface area contributed by atoms with Gasteiger partial charge in [0.15, 0.2) is 0 Å². The molecule has 0 aliphatic carbocycles. The summed E-state index contributed by atoms with van der Waals surface area (Å²) in [5.41, 5.74) is 0.223. The zero-order valence-electron chi connectivity index (χ0n) is 11.1.